The number of hydrogen-bond donors (Lipinski definition) is 2. The summed E-state index contributed by atoms with van der Waals surface area (Å²) in [6.07, 6.45) is 11.0. The number of rotatable bonds is 11. The van der Waals surface area contributed by atoms with Crippen molar-refractivity contribution in [3.8, 4) is 0 Å². The molecule has 0 saturated carbocycles. The van der Waals surface area contributed by atoms with E-state index in [9.17, 15) is 4.79 Å². The Morgan fingerprint density at radius 2 is 1.86 bits per heavy atom. The van der Waals surface area contributed by atoms with Gasteiger partial charge in [-0.15, -0.1) is 0 Å². The van der Waals surface area contributed by atoms with Crippen molar-refractivity contribution in [2.45, 2.75) is 51.9 Å². The van der Waals surface area contributed by atoms with Gasteiger partial charge in [0.15, 0.2) is 0 Å². The highest BCUT2D eigenvalue weighted by Crippen LogP contribution is 2.05. The lowest BCUT2D eigenvalue weighted by Crippen LogP contribution is -2.24. The zero-order valence-corrected chi connectivity index (χ0v) is 13.8. The Balaban J connectivity index is 2.01. The fraction of sp³-hybridized carbons (Fsp3) is 0.526. The first-order chi connectivity index (χ1) is 10.7. The largest absolute Gasteiger partial charge is 0.356 e. The maximum atomic E-state index is 11.6. The van der Waals surface area contributed by atoms with E-state index in [-0.39, 0.29) is 5.91 Å². The first-order valence-corrected chi connectivity index (χ1v) is 8.39. The molecule has 0 radical (unpaired) electrons. The number of carbonyl (C=O) groups excluding carboxylic acids is 1. The number of benzene rings is 1. The van der Waals surface area contributed by atoms with Crippen molar-refractivity contribution >= 4 is 5.91 Å². The van der Waals surface area contributed by atoms with Gasteiger partial charge in [-0.05, 0) is 51.1 Å². The van der Waals surface area contributed by atoms with Gasteiger partial charge in [0.25, 0.3) is 0 Å². The maximum Gasteiger partial charge on any atom is 0.220 e. The molecule has 0 unspecified atom stereocenters. The first kappa shape index (κ1) is 18.4. The summed E-state index contributed by atoms with van der Waals surface area (Å²) in [4.78, 5) is 11.6. The lowest BCUT2D eigenvalue weighted by molar-refractivity contribution is -0.121. The van der Waals surface area contributed by atoms with E-state index in [0.717, 1.165) is 51.6 Å². The van der Waals surface area contributed by atoms with Crippen LogP contribution in [-0.2, 0) is 11.2 Å². The lowest BCUT2D eigenvalue weighted by Gasteiger charge is -2.04. The van der Waals surface area contributed by atoms with Crippen molar-refractivity contribution in [2.75, 3.05) is 13.1 Å². The molecule has 0 aliphatic carbocycles. The molecule has 0 aliphatic heterocycles. The van der Waals surface area contributed by atoms with Gasteiger partial charge in [0.05, 0.1) is 0 Å². The van der Waals surface area contributed by atoms with Crippen molar-refractivity contribution in [3.63, 3.8) is 0 Å². The molecular formula is C19H30N2O. The molecule has 0 bridgehead atoms. The molecule has 0 aromatic heterocycles. The van der Waals surface area contributed by atoms with Crippen LogP contribution in [0.25, 0.3) is 0 Å². The minimum Gasteiger partial charge on any atom is -0.356 e. The van der Waals surface area contributed by atoms with Crippen LogP contribution in [0.15, 0.2) is 36.4 Å². The second kappa shape index (κ2) is 12.0. The molecule has 1 aromatic rings. The molecule has 22 heavy (non-hydrogen) atoms. The van der Waals surface area contributed by atoms with Crippen LogP contribution in [-0.4, -0.2) is 19.0 Å². The fourth-order valence-corrected chi connectivity index (χ4v) is 2.20. The normalized spacial score (nSPS) is 11.0. The maximum absolute atomic E-state index is 11.6. The average molecular weight is 302 g/mol. The Hall–Kier alpha value is -1.61. The summed E-state index contributed by atoms with van der Waals surface area (Å²) in [6.45, 7) is 3.62. The highest BCUT2D eigenvalue weighted by Gasteiger charge is 1.99. The Bertz CT molecular complexity index is 437. The van der Waals surface area contributed by atoms with Gasteiger partial charge in [0, 0.05) is 13.0 Å². The smallest absolute Gasteiger partial charge is 0.220 e. The van der Waals surface area contributed by atoms with Crippen LogP contribution >= 0.6 is 0 Å². The molecule has 1 aromatic carbocycles. The minimum absolute atomic E-state index is 0.166. The van der Waals surface area contributed by atoms with Crippen molar-refractivity contribution in [3.05, 3.63) is 47.5 Å². The van der Waals surface area contributed by atoms with Gasteiger partial charge >= 0.3 is 0 Å². The molecule has 3 nitrogen and oxygen atoms in total. The number of hydrogen-bond acceptors (Lipinski definition) is 2. The van der Waals surface area contributed by atoms with E-state index < -0.39 is 0 Å². The van der Waals surface area contributed by atoms with Gasteiger partial charge in [-0.1, -0.05) is 48.4 Å². The van der Waals surface area contributed by atoms with E-state index in [1.807, 2.05) is 0 Å². The van der Waals surface area contributed by atoms with E-state index in [0.29, 0.717) is 6.42 Å². The fourth-order valence-electron chi connectivity index (χ4n) is 2.20. The zero-order valence-electron chi connectivity index (χ0n) is 13.8. The van der Waals surface area contributed by atoms with Gasteiger partial charge in [0.2, 0.25) is 5.91 Å². The van der Waals surface area contributed by atoms with Crippen molar-refractivity contribution < 1.29 is 4.79 Å². The van der Waals surface area contributed by atoms with Gasteiger partial charge in [0.1, 0.15) is 0 Å². The van der Waals surface area contributed by atoms with Crippen molar-refractivity contribution in [1.82, 2.24) is 5.32 Å². The molecule has 0 heterocycles. The summed E-state index contributed by atoms with van der Waals surface area (Å²) in [6, 6.07) is 8.61. The minimum atomic E-state index is 0.166. The molecule has 1 amide bonds. The highest BCUT2D eigenvalue weighted by molar-refractivity contribution is 5.75. The van der Waals surface area contributed by atoms with Crippen LogP contribution in [0.5, 0.6) is 0 Å². The number of allylic oxidation sites excluding steroid dienone is 2. The molecule has 122 valence electrons. The summed E-state index contributed by atoms with van der Waals surface area (Å²) in [5.41, 5.74) is 8.05. The molecule has 1 rings (SSSR count). The number of carbonyl (C=O) groups is 1. The van der Waals surface area contributed by atoms with Gasteiger partial charge in [-0.3, -0.25) is 4.79 Å². The van der Waals surface area contributed by atoms with Crippen LogP contribution in [0.2, 0.25) is 0 Å². The molecule has 3 N–H and O–H groups in total. The third kappa shape index (κ3) is 9.35. The van der Waals surface area contributed by atoms with E-state index in [1.165, 1.54) is 11.1 Å². The summed E-state index contributed by atoms with van der Waals surface area (Å²) < 4.78 is 0. The van der Waals surface area contributed by atoms with Crippen LogP contribution < -0.4 is 11.1 Å². The average Bonchev–Trinajstić information content (AvgIpc) is 2.52. The topological polar surface area (TPSA) is 55.1 Å². The molecular weight excluding hydrogens is 272 g/mol. The molecule has 0 saturated heterocycles. The standard InChI is InChI=1S/C19H30N2O/c1-17-11-13-18(14-12-17)9-5-2-3-6-10-19(22)21-16-8-4-7-15-20/h2,5,11-14H,3-4,6-10,15-16,20H2,1H3,(H,21,22)/b5-2-. The quantitative estimate of drug-likeness (QED) is 0.485. The SMILES string of the molecule is Cc1ccc(C/C=C\CCCC(=O)NCCCCCN)cc1. The predicted molar refractivity (Wildman–Crippen MR) is 93.8 cm³/mol. The van der Waals surface area contributed by atoms with Crippen LogP contribution in [0.4, 0.5) is 0 Å². The molecule has 0 spiro atoms. The summed E-state index contributed by atoms with van der Waals surface area (Å²) in [5, 5.41) is 2.96. The van der Waals surface area contributed by atoms with E-state index in [4.69, 9.17) is 5.73 Å². The molecule has 0 atom stereocenters. The van der Waals surface area contributed by atoms with Crippen LogP contribution in [0.3, 0.4) is 0 Å². The number of nitrogens with two attached hydrogens (primary N) is 1. The molecule has 3 heteroatoms. The summed E-state index contributed by atoms with van der Waals surface area (Å²) >= 11 is 0. The van der Waals surface area contributed by atoms with Crippen molar-refractivity contribution in [2.24, 2.45) is 5.73 Å². The Morgan fingerprint density at radius 1 is 1.09 bits per heavy atom. The van der Waals surface area contributed by atoms with Crippen LogP contribution in [0, 0.1) is 6.92 Å². The number of amides is 1. The summed E-state index contributed by atoms with van der Waals surface area (Å²) in [7, 11) is 0. The van der Waals surface area contributed by atoms with Gasteiger partial charge in [-0.25, -0.2) is 0 Å². The predicted octanol–water partition coefficient (Wildman–Crippen LogP) is 3.51. The van der Waals surface area contributed by atoms with E-state index in [2.05, 4.69) is 48.7 Å². The first-order valence-electron chi connectivity index (χ1n) is 8.39. The second-order valence-electron chi connectivity index (χ2n) is 5.75. The molecule has 0 fully saturated rings. The Morgan fingerprint density at radius 3 is 2.59 bits per heavy atom. The monoisotopic (exact) mass is 302 g/mol. The number of nitrogens with one attached hydrogen (secondary N) is 1. The zero-order chi connectivity index (χ0) is 16.0. The highest BCUT2D eigenvalue weighted by atomic mass is 16.1. The number of aryl methyl sites for hydroxylation is 1. The van der Waals surface area contributed by atoms with Crippen LogP contribution in [0.1, 0.15) is 49.7 Å². The van der Waals surface area contributed by atoms with Gasteiger partial charge in [-0.2, -0.15) is 0 Å². The second-order valence-corrected chi connectivity index (χ2v) is 5.75. The van der Waals surface area contributed by atoms with Crippen molar-refractivity contribution in [1.29, 1.82) is 0 Å². The van der Waals surface area contributed by atoms with Gasteiger partial charge < -0.3 is 11.1 Å². The third-order valence-electron chi connectivity index (χ3n) is 3.62. The third-order valence-corrected chi connectivity index (χ3v) is 3.62. The van der Waals surface area contributed by atoms with E-state index in [1.54, 1.807) is 0 Å². The van der Waals surface area contributed by atoms with E-state index >= 15 is 0 Å². The Labute approximate surface area is 135 Å². The number of unbranched alkanes of at least 4 members (excludes halogenated alkanes) is 3. The Kier molecular flexibility index (Phi) is 10.0. The lowest BCUT2D eigenvalue weighted by atomic mass is 10.1. The summed E-state index contributed by atoms with van der Waals surface area (Å²) in [5.74, 6) is 0.166. The molecule has 0 aliphatic rings.